The first-order chi connectivity index (χ1) is 6.90. The van der Waals surface area contributed by atoms with Crippen LogP contribution in [0.2, 0.25) is 0 Å². The quantitative estimate of drug-likeness (QED) is 0.580. The zero-order valence-electron chi connectivity index (χ0n) is 7.25. The molecule has 1 aromatic carbocycles. The fourth-order valence-corrected chi connectivity index (χ4v) is 0.832. The molecular formula is C8H5F3NO3. The van der Waals surface area contributed by atoms with Crippen LogP contribution in [0.4, 0.5) is 18.9 Å². The molecule has 0 aromatic heterocycles. The highest BCUT2D eigenvalue weighted by Crippen LogP contribution is 2.27. The van der Waals surface area contributed by atoms with Crippen LogP contribution in [0, 0.1) is 16.2 Å². The minimum absolute atomic E-state index is 0.420. The van der Waals surface area contributed by atoms with Crippen molar-refractivity contribution < 1.29 is 22.8 Å². The molecule has 81 valence electrons. The predicted molar refractivity (Wildman–Crippen MR) is 43.5 cm³/mol. The van der Waals surface area contributed by atoms with Gasteiger partial charge in [0.25, 0.3) is 0 Å². The molecule has 0 spiro atoms. The van der Waals surface area contributed by atoms with Gasteiger partial charge in [0.15, 0.2) is 12.4 Å². The Balaban J connectivity index is 2.81. The molecule has 0 aliphatic carbocycles. The molecule has 1 radical (unpaired) electrons. The maximum atomic E-state index is 11.8. The van der Waals surface area contributed by atoms with E-state index >= 15 is 0 Å². The summed E-state index contributed by atoms with van der Waals surface area (Å²) in [5, 5.41) is 10.4. The van der Waals surface area contributed by atoms with Crippen LogP contribution in [0.1, 0.15) is 0 Å². The van der Waals surface area contributed by atoms with E-state index in [9.17, 15) is 23.3 Å². The maximum absolute atomic E-state index is 11.8. The van der Waals surface area contributed by atoms with Crippen LogP contribution in [0.15, 0.2) is 18.2 Å². The van der Waals surface area contributed by atoms with E-state index in [1.165, 1.54) is 6.07 Å². The van der Waals surface area contributed by atoms with Crippen LogP contribution in [0.3, 0.4) is 0 Å². The van der Waals surface area contributed by atoms with Crippen LogP contribution in [-0.2, 0) is 0 Å². The Morgan fingerprint density at radius 2 is 2.20 bits per heavy atom. The van der Waals surface area contributed by atoms with E-state index in [1.807, 2.05) is 0 Å². The van der Waals surface area contributed by atoms with Crippen molar-refractivity contribution in [1.29, 1.82) is 0 Å². The topological polar surface area (TPSA) is 52.4 Å². The third-order valence-electron chi connectivity index (χ3n) is 1.39. The van der Waals surface area contributed by atoms with Crippen molar-refractivity contribution in [3.63, 3.8) is 0 Å². The van der Waals surface area contributed by atoms with E-state index in [-0.39, 0.29) is 0 Å². The highest BCUT2D eigenvalue weighted by Gasteiger charge is 2.29. The van der Waals surface area contributed by atoms with E-state index < -0.39 is 29.1 Å². The maximum Gasteiger partial charge on any atom is 0.422 e. The number of nitro benzene ring substituents is 1. The van der Waals surface area contributed by atoms with Crippen LogP contribution in [0.25, 0.3) is 0 Å². The van der Waals surface area contributed by atoms with Crippen molar-refractivity contribution >= 4 is 5.69 Å². The first kappa shape index (κ1) is 11.3. The van der Waals surface area contributed by atoms with Crippen molar-refractivity contribution in [2.75, 3.05) is 6.61 Å². The second kappa shape index (κ2) is 4.16. The fraction of sp³-hybridized carbons (Fsp3) is 0.250. The lowest BCUT2D eigenvalue weighted by atomic mass is 10.3. The van der Waals surface area contributed by atoms with Gasteiger partial charge in [-0.25, -0.2) is 0 Å². The lowest BCUT2D eigenvalue weighted by Crippen LogP contribution is -2.19. The first-order valence-electron chi connectivity index (χ1n) is 3.74. The van der Waals surface area contributed by atoms with Crippen molar-refractivity contribution in [3.8, 4) is 5.75 Å². The average Bonchev–Trinajstić information content (AvgIpc) is 2.14. The molecule has 0 saturated heterocycles. The number of hydrogen-bond acceptors (Lipinski definition) is 3. The van der Waals surface area contributed by atoms with Gasteiger partial charge >= 0.3 is 11.9 Å². The van der Waals surface area contributed by atoms with Gasteiger partial charge < -0.3 is 4.74 Å². The SMILES string of the molecule is O=[N+]([O-])c1c[c]ccc1OCC(F)(F)F. The van der Waals surface area contributed by atoms with Gasteiger partial charge in [0.2, 0.25) is 0 Å². The number of nitrogens with zero attached hydrogens (tertiary/aromatic N) is 1. The number of benzene rings is 1. The molecule has 0 heterocycles. The number of alkyl halides is 3. The average molecular weight is 220 g/mol. The van der Waals surface area contributed by atoms with Gasteiger partial charge in [0.05, 0.1) is 4.92 Å². The minimum Gasteiger partial charge on any atom is -0.477 e. The van der Waals surface area contributed by atoms with Gasteiger partial charge in [-0.2, -0.15) is 13.2 Å². The molecule has 4 nitrogen and oxygen atoms in total. The lowest BCUT2D eigenvalue weighted by Gasteiger charge is -2.08. The highest BCUT2D eigenvalue weighted by atomic mass is 19.4. The summed E-state index contributed by atoms with van der Waals surface area (Å²) >= 11 is 0. The molecule has 15 heavy (non-hydrogen) atoms. The van der Waals surface area contributed by atoms with Crippen LogP contribution in [0.5, 0.6) is 5.75 Å². The molecule has 0 saturated carbocycles. The van der Waals surface area contributed by atoms with Gasteiger partial charge in [-0.3, -0.25) is 10.1 Å². The predicted octanol–water partition coefficient (Wildman–Crippen LogP) is 2.34. The second-order valence-electron chi connectivity index (χ2n) is 2.55. The summed E-state index contributed by atoms with van der Waals surface area (Å²) in [4.78, 5) is 9.54. The molecule has 0 fully saturated rings. The largest absolute Gasteiger partial charge is 0.477 e. The smallest absolute Gasteiger partial charge is 0.422 e. The van der Waals surface area contributed by atoms with Crippen molar-refractivity contribution in [3.05, 3.63) is 34.4 Å². The lowest BCUT2D eigenvalue weighted by molar-refractivity contribution is -0.386. The van der Waals surface area contributed by atoms with Crippen molar-refractivity contribution in [1.82, 2.24) is 0 Å². The first-order valence-corrected chi connectivity index (χ1v) is 3.74. The molecule has 0 aliphatic rings. The molecule has 0 N–H and O–H groups in total. The van der Waals surface area contributed by atoms with Gasteiger partial charge in [-0.05, 0) is 12.1 Å². The summed E-state index contributed by atoms with van der Waals surface area (Å²) in [7, 11) is 0. The van der Waals surface area contributed by atoms with E-state index in [1.54, 1.807) is 0 Å². The van der Waals surface area contributed by atoms with E-state index in [2.05, 4.69) is 10.8 Å². The molecule has 0 bridgehead atoms. The summed E-state index contributed by atoms with van der Waals surface area (Å²) in [6.45, 7) is -1.56. The van der Waals surface area contributed by atoms with Crippen LogP contribution >= 0.6 is 0 Å². The van der Waals surface area contributed by atoms with E-state index in [0.717, 1.165) is 12.1 Å². The number of ether oxygens (including phenoxy) is 1. The molecule has 0 aliphatic heterocycles. The van der Waals surface area contributed by atoms with E-state index in [4.69, 9.17) is 0 Å². The summed E-state index contributed by atoms with van der Waals surface area (Å²) in [6, 6.07) is 5.62. The molecule has 0 unspecified atom stereocenters. The summed E-state index contributed by atoms with van der Waals surface area (Å²) < 4.78 is 39.6. The van der Waals surface area contributed by atoms with E-state index in [0.29, 0.717) is 0 Å². The Hall–Kier alpha value is -1.79. The Labute approximate surface area is 82.4 Å². The standard InChI is InChI=1S/C8H5F3NO3/c9-8(10,11)5-15-7-4-2-1-3-6(7)12(13)14/h2-4H,5H2. The third kappa shape index (κ3) is 3.45. The summed E-state index contributed by atoms with van der Waals surface area (Å²) in [5.74, 6) is -0.420. The molecule has 7 heteroatoms. The zero-order chi connectivity index (χ0) is 11.5. The Kier molecular flexibility index (Phi) is 3.13. The fourth-order valence-electron chi connectivity index (χ4n) is 0.832. The van der Waals surface area contributed by atoms with Gasteiger partial charge in [0, 0.05) is 6.07 Å². The normalized spacial score (nSPS) is 11.1. The zero-order valence-corrected chi connectivity index (χ0v) is 7.25. The molecule has 0 amide bonds. The molecular weight excluding hydrogens is 215 g/mol. The Morgan fingerprint density at radius 3 is 2.73 bits per heavy atom. The summed E-state index contributed by atoms with van der Waals surface area (Å²) in [5.41, 5.74) is -0.540. The number of rotatable bonds is 3. The third-order valence-corrected chi connectivity index (χ3v) is 1.39. The van der Waals surface area contributed by atoms with Gasteiger partial charge in [-0.1, -0.05) is 6.07 Å². The minimum atomic E-state index is -4.52. The van der Waals surface area contributed by atoms with Crippen LogP contribution < -0.4 is 4.74 Å². The number of nitro groups is 1. The second-order valence-corrected chi connectivity index (χ2v) is 2.55. The van der Waals surface area contributed by atoms with Crippen LogP contribution in [-0.4, -0.2) is 17.7 Å². The monoisotopic (exact) mass is 220 g/mol. The Morgan fingerprint density at radius 1 is 1.53 bits per heavy atom. The van der Waals surface area contributed by atoms with Gasteiger partial charge in [0.1, 0.15) is 0 Å². The molecule has 1 aromatic rings. The Bertz CT molecular complexity index is 364. The van der Waals surface area contributed by atoms with Crippen molar-refractivity contribution in [2.24, 2.45) is 0 Å². The van der Waals surface area contributed by atoms with Crippen molar-refractivity contribution in [2.45, 2.75) is 6.18 Å². The van der Waals surface area contributed by atoms with Gasteiger partial charge in [-0.15, -0.1) is 0 Å². The molecule has 0 atom stereocenters. The number of hydrogen-bond donors (Lipinski definition) is 0. The number of halogens is 3. The molecule has 1 rings (SSSR count). The highest BCUT2D eigenvalue weighted by molar-refractivity contribution is 5.45. The summed E-state index contributed by atoms with van der Waals surface area (Å²) in [6.07, 6.45) is -4.52.